The van der Waals surface area contributed by atoms with E-state index in [0.717, 1.165) is 61.1 Å². The third kappa shape index (κ3) is 6.82. The molecule has 0 saturated carbocycles. The summed E-state index contributed by atoms with van der Waals surface area (Å²) in [5.74, 6) is 1.45. The van der Waals surface area contributed by atoms with Gasteiger partial charge in [-0.3, -0.25) is 9.69 Å². The summed E-state index contributed by atoms with van der Waals surface area (Å²) in [6, 6.07) is 4.30. The first-order chi connectivity index (χ1) is 18.6. The fourth-order valence-electron chi connectivity index (χ4n) is 7.20. The quantitative estimate of drug-likeness (QED) is 0.176. The lowest BCUT2D eigenvalue weighted by Gasteiger charge is -2.48. The molecule has 218 valence electrons. The van der Waals surface area contributed by atoms with E-state index >= 15 is 0 Å². The number of aliphatic hydroxyl groups excluding tert-OH is 1. The average Bonchev–Trinajstić information content (AvgIpc) is 2.89. The lowest BCUT2D eigenvalue weighted by molar-refractivity contribution is -0.131. The fourth-order valence-corrected chi connectivity index (χ4v) is 7.20. The molecule has 0 spiro atoms. The predicted octanol–water partition coefficient (Wildman–Crippen LogP) is 6.62. The Balaban J connectivity index is 1.53. The highest BCUT2D eigenvalue weighted by atomic mass is 16.5. The Kier molecular flexibility index (Phi) is 9.69. The Morgan fingerprint density at radius 1 is 1.23 bits per heavy atom. The number of aromatic hydroxyl groups is 1. The molecular formula is C33H51NO5. The SMILES string of the molecule is CCCCCCC(C)(C)c1cc(O)c2c(c1)OC(C)(C)[C@@H]1CC=C(C(O)CN3CCCCC3COC=O)CC21. The highest BCUT2D eigenvalue weighted by Gasteiger charge is 2.47. The molecule has 1 aliphatic carbocycles. The van der Waals surface area contributed by atoms with Crippen molar-refractivity contribution >= 4 is 6.47 Å². The molecule has 2 heterocycles. The van der Waals surface area contributed by atoms with Crippen LogP contribution in [0.3, 0.4) is 0 Å². The van der Waals surface area contributed by atoms with Crippen LogP contribution < -0.4 is 4.74 Å². The number of unbranched alkanes of at least 4 members (excludes halogenated alkanes) is 3. The van der Waals surface area contributed by atoms with E-state index in [1.54, 1.807) is 0 Å². The number of hydrogen-bond donors (Lipinski definition) is 2. The smallest absolute Gasteiger partial charge is 0.293 e. The van der Waals surface area contributed by atoms with Crippen molar-refractivity contribution < 1.29 is 24.5 Å². The molecule has 1 saturated heterocycles. The van der Waals surface area contributed by atoms with Crippen LogP contribution in [-0.2, 0) is 14.9 Å². The third-order valence-corrected chi connectivity index (χ3v) is 9.71. The molecule has 6 nitrogen and oxygen atoms in total. The maximum absolute atomic E-state index is 11.4. The van der Waals surface area contributed by atoms with Crippen LogP contribution in [0.25, 0.3) is 0 Å². The van der Waals surface area contributed by atoms with Gasteiger partial charge >= 0.3 is 0 Å². The van der Waals surface area contributed by atoms with Crippen molar-refractivity contribution in [2.45, 2.75) is 128 Å². The molecule has 3 aliphatic rings. The Morgan fingerprint density at radius 2 is 2.03 bits per heavy atom. The number of aliphatic hydroxyl groups is 1. The van der Waals surface area contributed by atoms with Gasteiger partial charge in [-0.05, 0) is 81.2 Å². The van der Waals surface area contributed by atoms with Gasteiger partial charge in [0.1, 0.15) is 23.7 Å². The standard InChI is InChI=1S/C33H51NO5/c1-6-7-8-10-15-32(2,3)24-18-28(36)31-26-17-23(13-14-27(26)33(4,5)39-30(31)19-24)29(37)20-34-16-11-9-12-25(34)21-38-22-35/h13,18-19,22,25-27,29,36-37H,6-12,14-17,20-21H2,1-5H3/t25?,26?,27-,29?/m1/s1. The number of fused-ring (bicyclic) bond motifs is 3. The Bertz CT molecular complexity index is 1020. The van der Waals surface area contributed by atoms with Gasteiger partial charge < -0.3 is 19.7 Å². The highest BCUT2D eigenvalue weighted by molar-refractivity contribution is 5.54. The zero-order valence-electron chi connectivity index (χ0n) is 24.9. The molecule has 0 aromatic heterocycles. The first-order valence-electron chi connectivity index (χ1n) is 15.3. The molecule has 2 aliphatic heterocycles. The average molecular weight is 542 g/mol. The molecule has 6 heteroatoms. The molecule has 4 atom stereocenters. The minimum Gasteiger partial charge on any atom is -0.508 e. The summed E-state index contributed by atoms with van der Waals surface area (Å²) in [5, 5.41) is 22.8. The molecule has 1 aromatic carbocycles. The van der Waals surface area contributed by atoms with Gasteiger partial charge in [-0.15, -0.1) is 0 Å². The van der Waals surface area contributed by atoms with Crippen LogP contribution in [0.15, 0.2) is 23.8 Å². The van der Waals surface area contributed by atoms with Crippen molar-refractivity contribution in [3.63, 3.8) is 0 Å². The van der Waals surface area contributed by atoms with E-state index in [9.17, 15) is 15.0 Å². The first-order valence-corrected chi connectivity index (χ1v) is 15.3. The number of allylic oxidation sites excluding steroid dienone is 1. The van der Waals surface area contributed by atoms with Crippen molar-refractivity contribution in [1.82, 2.24) is 4.90 Å². The summed E-state index contributed by atoms with van der Waals surface area (Å²) in [4.78, 5) is 13.0. The summed E-state index contributed by atoms with van der Waals surface area (Å²) in [7, 11) is 0. The van der Waals surface area contributed by atoms with Gasteiger partial charge in [-0.2, -0.15) is 0 Å². The zero-order valence-corrected chi connectivity index (χ0v) is 24.9. The molecule has 0 bridgehead atoms. The second-order valence-corrected chi connectivity index (χ2v) is 13.3. The molecule has 0 amide bonds. The summed E-state index contributed by atoms with van der Waals surface area (Å²) in [5.41, 5.74) is 2.66. The third-order valence-electron chi connectivity index (χ3n) is 9.71. The zero-order chi connectivity index (χ0) is 28.2. The predicted molar refractivity (Wildman–Crippen MR) is 155 cm³/mol. The number of nitrogens with zero attached hydrogens (tertiary/aromatic N) is 1. The maximum atomic E-state index is 11.4. The van der Waals surface area contributed by atoms with Crippen LogP contribution in [0.4, 0.5) is 0 Å². The van der Waals surface area contributed by atoms with E-state index in [-0.39, 0.29) is 28.9 Å². The van der Waals surface area contributed by atoms with E-state index in [0.29, 0.717) is 31.8 Å². The van der Waals surface area contributed by atoms with Crippen molar-refractivity contribution in [2.24, 2.45) is 5.92 Å². The summed E-state index contributed by atoms with van der Waals surface area (Å²) >= 11 is 0. The van der Waals surface area contributed by atoms with E-state index < -0.39 is 6.10 Å². The number of ether oxygens (including phenoxy) is 2. The number of likely N-dealkylation sites (tertiary alicyclic amines) is 1. The lowest BCUT2D eigenvalue weighted by Crippen LogP contribution is -2.48. The summed E-state index contributed by atoms with van der Waals surface area (Å²) in [6.45, 7) is 13.4. The molecule has 2 N–H and O–H groups in total. The highest BCUT2D eigenvalue weighted by Crippen LogP contribution is 2.55. The number of hydrogen-bond acceptors (Lipinski definition) is 6. The van der Waals surface area contributed by atoms with E-state index in [1.807, 2.05) is 6.07 Å². The van der Waals surface area contributed by atoms with Gasteiger partial charge in [-0.1, -0.05) is 59.0 Å². The topological polar surface area (TPSA) is 79.2 Å². The molecule has 0 radical (unpaired) electrons. The number of carbonyl (C=O) groups is 1. The van der Waals surface area contributed by atoms with Crippen LogP contribution in [0.1, 0.15) is 116 Å². The van der Waals surface area contributed by atoms with Gasteiger partial charge in [0.25, 0.3) is 6.47 Å². The summed E-state index contributed by atoms with van der Waals surface area (Å²) < 4.78 is 11.7. The Morgan fingerprint density at radius 3 is 2.77 bits per heavy atom. The van der Waals surface area contributed by atoms with Crippen molar-refractivity contribution in [1.29, 1.82) is 0 Å². The molecule has 39 heavy (non-hydrogen) atoms. The number of benzene rings is 1. The van der Waals surface area contributed by atoms with Crippen LogP contribution in [0.5, 0.6) is 11.5 Å². The van der Waals surface area contributed by atoms with Gasteiger partial charge in [-0.25, -0.2) is 0 Å². The summed E-state index contributed by atoms with van der Waals surface area (Å²) in [6.07, 6.45) is 12.3. The maximum Gasteiger partial charge on any atom is 0.293 e. The molecule has 3 unspecified atom stereocenters. The van der Waals surface area contributed by atoms with Gasteiger partial charge in [0.2, 0.25) is 0 Å². The van der Waals surface area contributed by atoms with Gasteiger partial charge in [0.05, 0.1) is 6.10 Å². The monoisotopic (exact) mass is 541 g/mol. The molecule has 4 rings (SSSR count). The normalized spacial score (nSPS) is 25.6. The molecule has 1 aromatic rings. The minimum atomic E-state index is -0.583. The van der Waals surface area contributed by atoms with E-state index in [4.69, 9.17) is 9.47 Å². The lowest BCUT2D eigenvalue weighted by atomic mass is 9.66. The minimum absolute atomic E-state index is 0.0447. The van der Waals surface area contributed by atoms with Gasteiger partial charge in [0, 0.05) is 30.0 Å². The first kappa shape index (κ1) is 29.9. The Labute approximate surface area is 235 Å². The van der Waals surface area contributed by atoms with Crippen LogP contribution in [0, 0.1) is 5.92 Å². The number of piperidine rings is 1. The molecule has 1 fully saturated rings. The molecular weight excluding hydrogens is 490 g/mol. The number of phenols is 1. The van der Waals surface area contributed by atoms with Crippen LogP contribution in [0.2, 0.25) is 0 Å². The second kappa shape index (κ2) is 12.6. The Hall–Kier alpha value is -2.05. The number of β-amino-alcohol motifs (C(OH)–C–C–N with tert-alkyl or cyclic N) is 1. The number of rotatable bonds is 12. The van der Waals surface area contributed by atoms with Crippen molar-refractivity contribution in [3.05, 3.63) is 34.9 Å². The largest absolute Gasteiger partial charge is 0.508 e. The van der Waals surface area contributed by atoms with Crippen LogP contribution in [-0.4, -0.2) is 59.0 Å². The van der Waals surface area contributed by atoms with Crippen LogP contribution >= 0.6 is 0 Å². The second-order valence-electron chi connectivity index (χ2n) is 13.3. The van der Waals surface area contributed by atoms with E-state index in [2.05, 4.69) is 51.7 Å². The fraction of sp³-hybridized carbons (Fsp3) is 0.727. The number of carbonyl (C=O) groups excluding carboxylic acids is 1. The van der Waals surface area contributed by atoms with Crippen molar-refractivity contribution in [2.75, 3.05) is 19.7 Å². The number of phenolic OH excluding ortho intramolecular Hbond substituents is 1. The van der Waals surface area contributed by atoms with E-state index in [1.165, 1.54) is 25.7 Å². The van der Waals surface area contributed by atoms with Crippen molar-refractivity contribution in [3.8, 4) is 11.5 Å². The van der Waals surface area contributed by atoms with Gasteiger partial charge in [0.15, 0.2) is 0 Å².